The van der Waals surface area contributed by atoms with Crippen LogP contribution in [0.1, 0.15) is 23.2 Å². The summed E-state index contributed by atoms with van der Waals surface area (Å²) in [5.41, 5.74) is 0.199. The fourth-order valence-electron chi connectivity index (χ4n) is 3.99. The molecule has 2 aliphatic rings. The van der Waals surface area contributed by atoms with Gasteiger partial charge in [-0.1, -0.05) is 0 Å². The van der Waals surface area contributed by atoms with Gasteiger partial charge in [0.05, 0.1) is 18.7 Å². The number of hydrogen-bond donors (Lipinski definition) is 0. The summed E-state index contributed by atoms with van der Waals surface area (Å²) in [5.74, 6) is -0.729. The number of pyridine rings is 1. The highest BCUT2D eigenvalue weighted by Crippen LogP contribution is 2.32. The van der Waals surface area contributed by atoms with Crippen LogP contribution in [0, 0.1) is 5.82 Å². The van der Waals surface area contributed by atoms with Gasteiger partial charge in [0.25, 0.3) is 11.8 Å². The lowest BCUT2D eigenvalue weighted by molar-refractivity contribution is -0.144. The van der Waals surface area contributed by atoms with Crippen molar-refractivity contribution < 1.29 is 18.7 Å². The van der Waals surface area contributed by atoms with Crippen LogP contribution in [-0.4, -0.2) is 53.1 Å². The molecule has 2 amide bonds. The van der Waals surface area contributed by atoms with E-state index in [1.54, 1.807) is 29.0 Å². The highest BCUT2D eigenvalue weighted by molar-refractivity contribution is 5.96. The minimum atomic E-state index is -0.670. The molecule has 1 spiro atoms. The van der Waals surface area contributed by atoms with Crippen LogP contribution in [-0.2, 0) is 16.6 Å². The number of ether oxygens (including phenoxy) is 1. The number of morpholine rings is 1. The summed E-state index contributed by atoms with van der Waals surface area (Å²) in [5, 5.41) is 0. The standard InChI is InChI=1S/C21H22FN3O4/c1-23-11-15(3-8-18(23)26)20(28)24-10-2-9-21(13-24)14-25(19(27)12-29-21)17-6-4-16(22)5-7-17/h3-8,11H,2,9-10,12-14H2,1H3. The molecule has 2 aromatic rings. The highest BCUT2D eigenvalue weighted by Gasteiger charge is 2.44. The number of hydrogen-bond acceptors (Lipinski definition) is 4. The third-order valence-corrected chi connectivity index (χ3v) is 5.55. The van der Waals surface area contributed by atoms with Gasteiger partial charge in [-0.3, -0.25) is 14.4 Å². The first-order valence-electron chi connectivity index (χ1n) is 9.53. The second-order valence-corrected chi connectivity index (χ2v) is 7.63. The number of piperidine rings is 1. The van der Waals surface area contributed by atoms with Crippen LogP contribution in [0.4, 0.5) is 10.1 Å². The third kappa shape index (κ3) is 3.80. The van der Waals surface area contributed by atoms with Crippen molar-refractivity contribution in [1.82, 2.24) is 9.47 Å². The number of likely N-dealkylation sites (tertiary alicyclic amines) is 1. The van der Waals surface area contributed by atoms with Gasteiger partial charge in [0.1, 0.15) is 18.0 Å². The van der Waals surface area contributed by atoms with Gasteiger partial charge in [-0.2, -0.15) is 0 Å². The molecule has 2 saturated heterocycles. The Balaban J connectivity index is 1.55. The molecular formula is C21H22FN3O4. The van der Waals surface area contributed by atoms with E-state index < -0.39 is 5.60 Å². The zero-order chi connectivity index (χ0) is 20.6. The SMILES string of the molecule is Cn1cc(C(=O)N2CCCC3(C2)CN(c2ccc(F)cc2)C(=O)CO3)ccc1=O. The van der Waals surface area contributed by atoms with Crippen LogP contribution in [0.2, 0.25) is 0 Å². The smallest absolute Gasteiger partial charge is 0.255 e. The van der Waals surface area contributed by atoms with Crippen LogP contribution < -0.4 is 10.5 Å². The number of aryl methyl sites for hydroxylation is 1. The molecule has 3 heterocycles. The molecule has 8 heteroatoms. The van der Waals surface area contributed by atoms with Crippen molar-refractivity contribution in [3.63, 3.8) is 0 Å². The molecule has 29 heavy (non-hydrogen) atoms. The molecule has 1 aromatic carbocycles. The first-order chi connectivity index (χ1) is 13.9. The normalized spacial score (nSPS) is 22.2. The largest absolute Gasteiger partial charge is 0.361 e. The van der Waals surface area contributed by atoms with Crippen LogP contribution in [0.25, 0.3) is 0 Å². The van der Waals surface area contributed by atoms with E-state index in [0.717, 1.165) is 12.8 Å². The molecule has 2 fully saturated rings. The van der Waals surface area contributed by atoms with E-state index in [-0.39, 0.29) is 29.8 Å². The van der Waals surface area contributed by atoms with Gasteiger partial charge in [-0.25, -0.2) is 4.39 Å². The molecule has 0 bridgehead atoms. The molecule has 1 aromatic heterocycles. The molecule has 0 radical (unpaired) electrons. The number of halogens is 1. The van der Waals surface area contributed by atoms with Crippen molar-refractivity contribution in [3.05, 3.63) is 64.3 Å². The molecule has 1 unspecified atom stereocenters. The van der Waals surface area contributed by atoms with Crippen molar-refractivity contribution >= 4 is 17.5 Å². The average Bonchev–Trinajstić information content (AvgIpc) is 2.72. The van der Waals surface area contributed by atoms with E-state index in [0.29, 0.717) is 30.9 Å². The van der Waals surface area contributed by atoms with Gasteiger partial charge < -0.3 is 19.1 Å². The number of rotatable bonds is 2. The Labute approximate surface area is 167 Å². The van der Waals surface area contributed by atoms with E-state index in [1.165, 1.54) is 35.0 Å². The summed E-state index contributed by atoms with van der Waals surface area (Å²) in [7, 11) is 1.60. The van der Waals surface area contributed by atoms with Gasteiger partial charge >= 0.3 is 0 Å². The molecule has 0 aliphatic carbocycles. The Kier molecular flexibility index (Phi) is 4.96. The Bertz CT molecular complexity index is 1000. The number of anilines is 1. The summed E-state index contributed by atoms with van der Waals surface area (Å²) in [6.45, 7) is 1.14. The molecule has 7 nitrogen and oxygen atoms in total. The molecule has 152 valence electrons. The third-order valence-electron chi connectivity index (χ3n) is 5.55. The second-order valence-electron chi connectivity index (χ2n) is 7.63. The lowest BCUT2D eigenvalue weighted by atomic mass is 9.90. The van der Waals surface area contributed by atoms with E-state index >= 15 is 0 Å². The summed E-state index contributed by atoms with van der Waals surface area (Å²) >= 11 is 0. The zero-order valence-corrected chi connectivity index (χ0v) is 16.1. The van der Waals surface area contributed by atoms with Crippen molar-refractivity contribution in [2.45, 2.75) is 18.4 Å². The van der Waals surface area contributed by atoms with E-state index in [1.807, 2.05) is 0 Å². The number of nitrogens with zero attached hydrogens (tertiary/aromatic N) is 3. The molecule has 4 rings (SSSR count). The molecule has 2 aliphatic heterocycles. The van der Waals surface area contributed by atoms with E-state index in [9.17, 15) is 18.8 Å². The zero-order valence-electron chi connectivity index (χ0n) is 16.1. The molecule has 0 saturated carbocycles. The fourth-order valence-corrected chi connectivity index (χ4v) is 3.99. The summed E-state index contributed by atoms with van der Waals surface area (Å²) in [6.07, 6.45) is 2.99. The highest BCUT2D eigenvalue weighted by atomic mass is 19.1. The van der Waals surface area contributed by atoms with Crippen LogP contribution in [0.15, 0.2) is 47.4 Å². The summed E-state index contributed by atoms with van der Waals surface area (Å²) in [4.78, 5) is 40.3. The van der Waals surface area contributed by atoms with E-state index in [2.05, 4.69) is 0 Å². The van der Waals surface area contributed by atoms with Crippen molar-refractivity contribution in [2.24, 2.45) is 7.05 Å². The topological polar surface area (TPSA) is 71.8 Å². The summed E-state index contributed by atoms with van der Waals surface area (Å²) < 4.78 is 20.6. The maximum atomic E-state index is 13.3. The van der Waals surface area contributed by atoms with Gasteiger partial charge in [-0.05, 0) is 43.2 Å². The van der Waals surface area contributed by atoms with Crippen molar-refractivity contribution in [3.8, 4) is 0 Å². The van der Waals surface area contributed by atoms with Crippen LogP contribution in [0.5, 0.6) is 0 Å². The minimum absolute atomic E-state index is 0.0841. The molecule has 0 N–H and O–H groups in total. The molecule has 1 atom stereocenters. The number of benzene rings is 1. The van der Waals surface area contributed by atoms with Gasteiger partial charge in [0, 0.05) is 31.5 Å². The quantitative estimate of drug-likeness (QED) is 0.769. The number of carbonyl (C=O) groups excluding carboxylic acids is 2. The average molecular weight is 399 g/mol. The van der Waals surface area contributed by atoms with Gasteiger partial charge in [-0.15, -0.1) is 0 Å². The lowest BCUT2D eigenvalue weighted by Crippen LogP contribution is -2.62. The Morgan fingerprint density at radius 2 is 1.86 bits per heavy atom. The van der Waals surface area contributed by atoms with Gasteiger partial charge in [0.15, 0.2) is 0 Å². The second kappa shape index (κ2) is 7.44. The van der Waals surface area contributed by atoms with Crippen molar-refractivity contribution in [1.29, 1.82) is 0 Å². The maximum Gasteiger partial charge on any atom is 0.255 e. The van der Waals surface area contributed by atoms with Gasteiger partial charge in [0.2, 0.25) is 5.56 Å². The number of carbonyl (C=O) groups is 2. The molecular weight excluding hydrogens is 377 g/mol. The van der Waals surface area contributed by atoms with Crippen LogP contribution >= 0.6 is 0 Å². The Hall–Kier alpha value is -3.00. The fraction of sp³-hybridized carbons (Fsp3) is 0.381. The Morgan fingerprint density at radius 1 is 1.10 bits per heavy atom. The number of amides is 2. The monoisotopic (exact) mass is 399 g/mol. The number of aromatic nitrogens is 1. The minimum Gasteiger partial charge on any atom is -0.361 e. The van der Waals surface area contributed by atoms with Crippen LogP contribution in [0.3, 0.4) is 0 Å². The summed E-state index contributed by atoms with van der Waals surface area (Å²) in [6, 6.07) is 8.69. The lowest BCUT2D eigenvalue weighted by Gasteiger charge is -2.47. The Morgan fingerprint density at radius 3 is 2.59 bits per heavy atom. The predicted molar refractivity (Wildman–Crippen MR) is 104 cm³/mol. The first kappa shape index (κ1) is 19.3. The van der Waals surface area contributed by atoms with Crippen molar-refractivity contribution in [2.75, 3.05) is 31.1 Å². The maximum absolute atomic E-state index is 13.3. The first-order valence-corrected chi connectivity index (χ1v) is 9.53. The predicted octanol–water partition coefficient (Wildman–Crippen LogP) is 1.56. The van der Waals surface area contributed by atoms with E-state index in [4.69, 9.17) is 4.74 Å².